The van der Waals surface area contributed by atoms with Gasteiger partial charge in [0.1, 0.15) is 5.82 Å². The van der Waals surface area contributed by atoms with Crippen molar-refractivity contribution in [2.45, 2.75) is 50.4 Å². The average molecular weight is 619 g/mol. The van der Waals surface area contributed by atoms with Crippen LogP contribution in [0.15, 0.2) is 91.1 Å². The number of rotatable bonds is 9. The molecule has 4 N–H and O–H groups in total. The van der Waals surface area contributed by atoms with Crippen molar-refractivity contribution in [3.63, 3.8) is 0 Å². The highest BCUT2D eigenvalue weighted by atomic mass is 19.4. The van der Waals surface area contributed by atoms with Crippen LogP contribution < -0.4 is 10.6 Å². The van der Waals surface area contributed by atoms with E-state index in [1.165, 1.54) is 5.56 Å². The van der Waals surface area contributed by atoms with Crippen molar-refractivity contribution in [3.8, 4) is 5.69 Å². The average Bonchev–Trinajstić information content (AvgIpc) is 3.81. The second-order valence-corrected chi connectivity index (χ2v) is 10.7. The largest absolute Gasteiger partial charge is 0.490 e. The van der Waals surface area contributed by atoms with Crippen LogP contribution in [0.3, 0.4) is 0 Å². The Morgan fingerprint density at radius 1 is 0.956 bits per heavy atom. The van der Waals surface area contributed by atoms with E-state index in [1.807, 2.05) is 42.6 Å². The molecule has 1 fully saturated rings. The molecule has 9 nitrogen and oxygen atoms in total. The van der Waals surface area contributed by atoms with E-state index in [1.54, 1.807) is 0 Å². The molecular weight excluding hydrogens is 585 g/mol. The van der Waals surface area contributed by atoms with Gasteiger partial charge in [0.05, 0.1) is 12.1 Å². The molecule has 12 heteroatoms. The Kier molecular flexibility index (Phi) is 9.93. The van der Waals surface area contributed by atoms with E-state index in [0.717, 1.165) is 66.0 Å². The topological polar surface area (TPSA) is 125 Å². The molecule has 3 aromatic carbocycles. The van der Waals surface area contributed by atoms with E-state index in [2.05, 4.69) is 73.8 Å². The van der Waals surface area contributed by atoms with Crippen molar-refractivity contribution >= 4 is 22.8 Å². The highest BCUT2D eigenvalue weighted by Crippen LogP contribution is 2.27. The summed E-state index contributed by atoms with van der Waals surface area (Å²) in [6, 6.07) is 28.4. The molecule has 2 atom stereocenters. The Labute approximate surface area is 257 Å². The molecule has 0 radical (unpaired) electrons. The van der Waals surface area contributed by atoms with Crippen molar-refractivity contribution in [2.75, 3.05) is 6.54 Å². The lowest BCUT2D eigenvalue weighted by atomic mass is 10.0. The number of fused-ring (bicyclic) bond motifs is 1. The Balaban J connectivity index is 0.000000515. The lowest BCUT2D eigenvalue weighted by Crippen LogP contribution is -2.43. The molecule has 3 heterocycles. The molecule has 0 aliphatic carbocycles. The van der Waals surface area contributed by atoms with Gasteiger partial charge >= 0.3 is 12.1 Å². The van der Waals surface area contributed by atoms with Gasteiger partial charge in [0.15, 0.2) is 5.82 Å². The number of alkyl halides is 3. The number of H-pyrrole nitrogens is 1. The van der Waals surface area contributed by atoms with Gasteiger partial charge in [-0.15, -0.1) is 10.2 Å². The SMILES string of the molecule is O=C(N[C@H](Cc1c[nH]c2ccccc12)c1nnc(CCc2ccccc2)n1-c1ccccc1)[C@@H]1CCCN1.O=C(O)C(F)(F)F. The number of hydrogen-bond acceptors (Lipinski definition) is 5. The Hall–Kier alpha value is -4.97. The normalized spacial score (nSPS) is 15.3. The monoisotopic (exact) mass is 618 g/mol. The summed E-state index contributed by atoms with van der Waals surface area (Å²) in [5.74, 6) is -1.11. The molecule has 5 aromatic rings. The van der Waals surface area contributed by atoms with Crippen LogP contribution >= 0.6 is 0 Å². The second kappa shape index (κ2) is 14.2. The molecule has 45 heavy (non-hydrogen) atoms. The minimum Gasteiger partial charge on any atom is -0.475 e. The highest BCUT2D eigenvalue weighted by molar-refractivity contribution is 5.84. The highest BCUT2D eigenvalue weighted by Gasteiger charge is 2.38. The summed E-state index contributed by atoms with van der Waals surface area (Å²) in [7, 11) is 0. The third-order valence-electron chi connectivity index (χ3n) is 7.60. The molecule has 6 rings (SSSR count). The van der Waals surface area contributed by atoms with Gasteiger partial charge < -0.3 is 20.7 Å². The van der Waals surface area contributed by atoms with Crippen molar-refractivity contribution < 1.29 is 27.9 Å². The van der Waals surface area contributed by atoms with E-state index < -0.39 is 12.1 Å². The van der Waals surface area contributed by atoms with Crippen LogP contribution in [-0.4, -0.2) is 55.5 Å². The molecule has 234 valence electrons. The number of para-hydroxylation sites is 2. The predicted octanol–water partition coefficient (Wildman–Crippen LogP) is 5.32. The Bertz CT molecular complexity index is 1710. The second-order valence-electron chi connectivity index (χ2n) is 10.7. The van der Waals surface area contributed by atoms with Crippen LogP contribution in [0.5, 0.6) is 0 Å². The number of nitrogens with zero attached hydrogens (tertiary/aromatic N) is 3. The van der Waals surface area contributed by atoms with Gasteiger partial charge in [-0.1, -0.05) is 66.7 Å². The van der Waals surface area contributed by atoms with Gasteiger partial charge in [0, 0.05) is 35.6 Å². The predicted molar refractivity (Wildman–Crippen MR) is 163 cm³/mol. The van der Waals surface area contributed by atoms with Crippen LogP contribution in [0, 0.1) is 0 Å². The zero-order valence-electron chi connectivity index (χ0n) is 24.3. The molecule has 1 amide bonds. The maximum atomic E-state index is 13.3. The number of benzene rings is 3. The van der Waals surface area contributed by atoms with Gasteiger partial charge in [-0.05, 0) is 55.1 Å². The van der Waals surface area contributed by atoms with Crippen LogP contribution in [0.25, 0.3) is 16.6 Å². The smallest absolute Gasteiger partial charge is 0.475 e. The summed E-state index contributed by atoms with van der Waals surface area (Å²) in [4.78, 5) is 25.6. The summed E-state index contributed by atoms with van der Waals surface area (Å²) in [6.45, 7) is 0.870. The first kappa shape index (κ1) is 31.5. The van der Waals surface area contributed by atoms with Crippen molar-refractivity contribution in [2.24, 2.45) is 0 Å². The number of carbonyl (C=O) groups excluding carboxylic acids is 1. The summed E-state index contributed by atoms with van der Waals surface area (Å²) >= 11 is 0. The van der Waals surface area contributed by atoms with E-state index >= 15 is 0 Å². The number of aliphatic carboxylic acids is 1. The Morgan fingerprint density at radius 3 is 2.29 bits per heavy atom. The summed E-state index contributed by atoms with van der Waals surface area (Å²) in [5, 5.41) is 24.3. The first-order valence-electron chi connectivity index (χ1n) is 14.6. The number of amides is 1. The lowest BCUT2D eigenvalue weighted by Gasteiger charge is -2.22. The number of carboxylic acid groups (broad SMARTS) is 1. The fourth-order valence-electron chi connectivity index (χ4n) is 5.39. The standard InChI is InChI=1S/C31H32N6O.C2HF3O2/c38-31(27-16-9-19-32-27)34-28(20-23-21-33-26-15-8-7-14-25(23)26)30-36-35-29(18-17-22-10-3-1-4-11-22)37(30)24-12-5-2-6-13-24;3-2(4,5)1(6)7/h1-8,10-15,21,27-28,32-33H,9,16-20H2,(H,34,38);(H,6,7)/t27-,28+;/m0./s1. The zero-order chi connectivity index (χ0) is 31.8. The maximum Gasteiger partial charge on any atom is 0.490 e. The number of carbonyl (C=O) groups is 2. The van der Waals surface area contributed by atoms with E-state index in [0.29, 0.717) is 6.42 Å². The summed E-state index contributed by atoms with van der Waals surface area (Å²) in [6.07, 6.45) is 1.01. The van der Waals surface area contributed by atoms with Gasteiger partial charge in [0.25, 0.3) is 0 Å². The third-order valence-corrected chi connectivity index (χ3v) is 7.60. The number of nitrogens with one attached hydrogen (secondary N) is 3. The van der Waals surface area contributed by atoms with Crippen LogP contribution in [0.4, 0.5) is 13.2 Å². The lowest BCUT2D eigenvalue weighted by molar-refractivity contribution is -0.192. The third kappa shape index (κ3) is 7.95. The fraction of sp³-hybridized carbons (Fsp3) is 0.273. The molecule has 0 saturated carbocycles. The zero-order valence-corrected chi connectivity index (χ0v) is 24.3. The number of hydrogen-bond donors (Lipinski definition) is 4. The first-order valence-corrected chi connectivity index (χ1v) is 14.6. The number of halogens is 3. The van der Waals surface area contributed by atoms with Gasteiger partial charge in [-0.3, -0.25) is 9.36 Å². The number of aromatic nitrogens is 4. The van der Waals surface area contributed by atoms with E-state index in [9.17, 15) is 18.0 Å². The van der Waals surface area contributed by atoms with Gasteiger partial charge in [0.2, 0.25) is 5.91 Å². The fourth-order valence-corrected chi connectivity index (χ4v) is 5.39. The molecule has 0 bridgehead atoms. The molecule has 0 spiro atoms. The minimum absolute atomic E-state index is 0.0146. The number of carboxylic acids is 1. The number of aryl methyl sites for hydroxylation is 2. The number of aromatic amines is 1. The summed E-state index contributed by atoms with van der Waals surface area (Å²) in [5.41, 5.74) is 4.47. The molecule has 2 aromatic heterocycles. The Morgan fingerprint density at radius 2 is 1.62 bits per heavy atom. The molecule has 1 aliphatic rings. The van der Waals surface area contributed by atoms with E-state index in [4.69, 9.17) is 15.0 Å². The molecular formula is C33H33F3N6O3. The van der Waals surface area contributed by atoms with Crippen molar-refractivity contribution in [1.29, 1.82) is 0 Å². The maximum absolute atomic E-state index is 13.3. The van der Waals surface area contributed by atoms with Gasteiger partial charge in [-0.2, -0.15) is 13.2 Å². The molecule has 1 aliphatic heterocycles. The van der Waals surface area contributed by atoms with Crippen molar-refractivity contribution in [1.82, 2.24) is 30.4 Å². The van der Waals surface area contributed by atoms with Crippen LogP contribution in [0.2, 0.25) is 0 Å². The van der Waals surface area contributed by atoms with Crippen LogP contribution in [0.1, 0.15) is 41.7 Å². The molecule has 0 unspecified atom stereocenters. The van der Waals surface area contributed by atoms with Crippen molar-refractivity contribution in [3.05, 3.63) is 114 Å². The summed E-state index contributed by atoms with van der Waals surface area (Å²) < 4.78 is 33.9. The minimum atomic E-state index is -5.08. The van der Waals surface area contributed by atoms with Gasteiger partial charge in [-0.25, -0.2) is 4.79 Å². The molecule has 1 saturated heterocycles. The van der Waals surface area contributed by atoms with Crippen LogP contribution in [-0.2, 0) is 28.9 Å². The van der Waals surface area contributed by atoms with E-state index in [-0.39, 0.29) is 18.0 Å². The first-order chi connectivity index (χ1) is 21.7. The quantitative estimate of drug-likeness (QED) is 0.177.